The second-order valence-corrected chi connectivity index (χ2v) is 19.9. The van der Waals surface area contributed by atoms with Gasteiger partial charge in [0.15, 0.2) is 0 Å². The number of hydrogen-bond donors (Lipinski definition) is 0. The third-order valence-corrected chi connectivity index (χ3v) is 10.1. The topological polar surface area (TPSA) is 0 Å². The lowest BCUT2D eigenvalue weighted by molar-refractivity contribution is 0.514. The summed E-state index contributed by atoms with van der Waals surface area (Å²) < 4.78 is 0. The summed E-state index contributed by atoms with van der Waals surface area (Å²) in [5.41, 5.74) is 0. The van der Waals surface area contributed by atoms with Gasteiger partial charge in [0.05, 0.1) is 0 Å². The summed E-state index contributed by atoms with van der Waals surface area (Å²) in [6.07, 6.45) is 42.0. The predicted octanol–water partition coefficient (Wildman–Crippen LogP) is 13.9. The van der Waals surface area contributed by atoms with Gasteiger partial charge in [-0.2, -0.15) is 0 Å². The summed E-state index contributed by atoms with van der Waals surface area (Å²) in [4.78, 5) is 0. The second kappa shape index (κ2) is 29.4. The Bertz CT molecular complexity index is 380. The summed E-state index contributed by atoms with van der Waals surface area (Å²) >= 11 is 12.3. The van der Waals surface area contributed by atoms with Crippen molar-refractivity contribution < 1.29 is 0 Å². The summed E-state index contributed by atoms with van der Waals surface area (Å²) in [5, 5.41) is 0. The van der Waals surface area contributed by atoms with E-state index in [2.05, 4.69) is 6.92 Å². The third-order valence-electron chi connectivity index (χ3n) is 7.72. The van der Waals surface area contributed by atoms with E-state index in [9.17, 15) is 0 Å². The number of halogens is 2. The highest BCUT2D eigenvalue weighted by molar-refractivity contribution is 7.44. The zero-order valence-electron chi connectivity index (χ0n) is 24.5. The van der Waals surface area contributed by atoms with Crippen LogP contribution in [-0.2, 0) is 0 Å². The molecule has 0 amide bonds. The van der Waals surface area contributed by atoms with Crippen LogP contribution in [0.15, 0.2) is 0 Å². The molecule has 0 heterocycles. The lowest BCUT2D eigenvalue weighted by atomic mass is 10.0. The van der Waals surface area contributed by atoms with E-state index >= 15 is 0 Å². The van der Waals surface area contributed by atoms with Crippen LogP contribution in [0.25, 0.3) is 0 Å². The maximum absolute atomic E-state index is 6.15. The molecule has 0 aromatic carbocycles. The molecule has 0 saturated heterocycles. The zero-order valence-corrected chi connectivity index (χ0v) is 27.0. The molecule has 35 heavy (non-hydrogen) atoms. The van der Waals surface area contributed by atoms with Crippen molar-refractivity contribution in [1.29, 1.82) is 0 Å². The molecule has 0 aromatic heterocycles. The van der Waals surface area contributed by atoms with Gasteiger partial charge in [0, 0.05) is 0 Å². The highest BCUT2D eigenvalue weighted by Crippen LogP contribution is 2.23. The Balaban J connectivity index is 3.03. The highest BCUT2D eigenvalue weighted by atomic mass is 35.7. The molecule has 0 rings (SSSR count). The van der Waals surface area contributed by atoms with E-state index < -0.39 is 6.69 Å². The minimum absolute atomic E-state index is 1.07. The fraction of sp³-hybridized carbons (Fsp3) is 1.00. The van der Waals surface area contributed by atoms with E-state index in [-0.39, 0.29) is 0 Å². The molecule has 0 aliphatic heterocycles. The van der Waals surface area contributed by atoms with E-state index in [1.165, 1.54) is 186 Å². The molecule has 0 N–H and O–H groups in total. The van der Waals surface area contributed by atoms with Crippen molar-refractivity contribution in [2.45, 2.75) is 206 Å². The van der Waals surface area contributed by atoms with Gasteiger partial charge in [-0.15, -0.1) is 22.2 Å². The van der Waals surface area contributed by atoms with Gasteiger partial charge in [-0.3, -0.25) is 0 Å². The zero-order chi connectivity index (χ0) is 25.7. The molecular weight excluding hydrogens is 483 g/mol. The minimum Gasteiger partial charge on any atom is -0.146 e. The second-order valence-electron chi connectivity index (χ2n) is 11.7. The summed E-state index contributed by atoms with van der Waals surface area (Å²) in [6.45, 7) is 2.51. The van der Waals surface area contributed by atoms with Crippen molar-refractivity contribution >= 4 is 28.9 Å². The fourth-order valence-corrected chi connectivity index (χ4v) is 6.95. The van der Waals surface area contributed by atoms with E-state index in [1.807, 2.05) is 6.55 Å². The van der Waals surface area contributed by atoms with Gasteiger partial charge in [-0.1, -0.05) is 193 Å². The largest absolute Gasteiger partial charge is 0.248 e. The van der Waals surface area contributed by atoms with Gasteiger partial charge in [-0.25, -0.2) is 0 Å². The maximum Gasteiger partial charge on any atom is 0.248 e. The van der Waals surface area contributed by atoms with Gasteiger partial charge < -0.3 is 0 Å². The monoisotopic (exact) mass is 548 g/mol. The maximum atomic E-state index is 6.15. The van der Waals surface area contributed by atoms with E-state index in [1.54, 1.807) is 0 Å². The highest BCUT2D eigenvalue weighted by Gasteiger charge is 2.19. The molecule has 0 fully saturated rings. The molecule has 212 valence electrons. The average Bonchev–Trinajstić information content (AvgIpc) is 2.82. The van der Waals surface area contributed by atoms with Crippen molar-refractivity contribution in [2.75, 3.05) is 0 Å². The summed E-state index contributed by atoms with van der Waals surface area (Å²) in [5.74, 6) is 0. The predicted molar refractivity (Wildman–Crippen MR) is 168 cm³/mol. The number of unbranched alkanes of at least 4 members (excludes halogenated alkanes) is 28. The molecule has 0 aliphatic rings. The van der Waals surface area contributed by atoms with Crippen LogP contribution in [0, 0.1) is 0 Å². The molecule has 3 heteroatoms. The van der Waals surface area contributed by atoms with Crippen LogP contribution >= 0.6 is 22.2 Å². The van der Waals surface area contributed by atoms with Crippen LogP contribution in [0.3, 0.4) is 0 Å². The molecule has 0 atom stereocenters. The summed E-state index contributed by atoms with van der Waals surface area (Å²) in [6, 6.07) is 1.07. The Morgan fingerprint density at radius 3 is 0.657 bits per heavy atom. The van der Waals surface area contributed by atoms with Crippen LogP contribution in [0.2, 0.25) is 12.6 Å². The quantitative estimate of drug-likeness (QED) is 0.0475. The lowest BCUT2D eigenvalue weighted by Gasteiger charge is -2.09. The van der Waals surface area contributed by atoms with E-state index in [4.69, 9.17) is 22.2 Å². The normalized spacial score (nSPS) is 12.0. The van der Waals surface area contributed by atoms with Crippen molar-refractivity contribution in [1.82, 2.24) is 0 Å². The SMILES string of the molecule is CCCCCCCCCCCCCCCCCCCCCCCCCCCCCCC[Si](C)(Cl)Cl. The van der Waals surface area contributed by atoms with Gasteiger partial charge in [0.2, 0.25) is 6.69 Å². The van der Waals surface area contributed by atoms with Crippen LogP contribution in [0.1, 0.15) is 193 Å². The van der Waals surface area contributed by atoms with Crippen LogP contribution in [0.5, 0.6) is 0 Å². The Morgan fingerprint density at radius 2 is 0.486 bits per heavy atom. The van der Waals surface area contributed by atoms with Gasteiger partial charge >= 0.3 is 0 Å². The Morgan fingerprint density at radius 1 is 0.314 bits per heavy atom. The first-order chi connectivity index (χ1) is 17.1. The molecule has 0 unspecified atom stereocenters. The molecular formula is C32H66Cl2Si. The van der Waals surface area contributed by atoms with Crippen molar-refractivity contribution in [3.63, 3.8) is 0 Å². The third kappa shape index (κ3) is 34.8. The van der Waals surface area contributed by atoms with Crippen molar-refractivity contribution in [3.8, 4) is 0 Å². The van der Waals surface area contributed by atoms with Crippen LogP contribution < -0.4 is 0 Å². The fourth-order valence-electron chi connectivity index (χ4n) is 5.28. The number of hydrogen-bond acceptors (Lipinski definition) is 0. The van der Waals surface area contributed by atoms with Gasteiger partial charge in [0.25, 0.3) is 0 Å². The first-order valence-electron chi connectivity index (χ1n) is 16.4. The smallest absolute Gasteiger partial charge is 0.146 e. The Labute approximate surface area is 233 Å². The van der Waals surface area contributed by atoms with E-state index in [0.717, 1.165) is 6.04 Å². The average molecular weight is 550 g/mol. The van der Waals surface area contributed by atoms with Crippen LogP contribution in [0.4, 0.5) is 0 Å². The molecule has 0 spiro atoms. The molecule has 0 nitrogen and oxygen atoms in total. The minimum atomic E-state index is -1.84. The van der Waals surface area contributed by atoms with Crippen molar-refractivity contribution in [2.24, 2.45) is 0 Å². The molecule has 0 aromatic rings. The lowest BCUT2D eigenvalue weighted by Crippen LogP contribution is -2.11. The molecule has 0 radical (unpaired) electrons. The van der Waals surface area contributed by atoms with Crippen molar-refractivity contribution in [3.05, 3.63) is 0 Å². The standard InChI is InChI=1S/C32H66Cl2Si/c1-3-4-5-6-7-8-9-10-11-12-13-14-15-16-17-18-19-20-21-22-23-24-25-26-27-28-29-30-31-32-35(2,33)34/h3-32H2,1-2H3. The Kier molecular flexibility index (Phi) is 30.0. The van der Waals surface area contributed by atoms with Gasteiger partial charge in [0.1, 0.15) is 0 Å². The molecule has 0 bridgehead atoms. The Hall–Kier alpha value is 0.797. The molecule has 0 aliphatic carbocycles. The first kappa shape index (κ1) is 35.8. The number of rotatable bonds is 30. The molecule has 0 saturated carbocycles. The first-order valence-corrected chi connectivity index (χ1v) is 21.2. The summed E-state index contributed by atoms with van der Waals surface area (Å²) in [7, 11) is 0. The van der Waals surface area contributed by atoms with Crippen LogP contribution in [-0.4, -0.2) is 6.69 Å². The van der Waals surface area contributed by atoms with E-state index in [0.29, 0.717) is 0 Å². The van der Waals surface area contributed by atoms with Gasteiger partial charge in [-0.05, 0) is 12.6 Å².